The standard InChI is InChI=1S/C16H16N2O4/c1-10-8-18(9-12(10)16(20)21)15(19)14-7-13(17-22-14)11-5-3-2-4-6-11/h2-7,10,12H,8-9H2,1H3,(H,20,21)/t10-,12-/m1/s1. The molecule has 1 saturated heterocycles. The van der Waals surface area contributed by atoms with Crippen molar-refractivity contribution in [3.63, 3.8) is 0 Å². The van der Waals surface area contributed by atoms with Gasteiger partial charge in [0.15, 0.2) is 0 Å². The molecule has 2 aromatic rings. The first-order chi connectivity index (χ1) is 10.6. The van der Waals surface area contributed by atoms with Gasteiger partial charge in [-0.25, -0.2) is 0 Å². The second-order valence-electron chi connectivity index (χ2n) is 5.57. The van der Waals surface area contributed by atoms with Crippen molar-refractivity contribution in [2.45, 2.75) is 6.92 Å². The number of hydrogen-bond acceptors (Lipinski definition) is 4. The maximum Gasteiger partial charge on any atom is 0.308 e. The highest BCUT2D eigenvalue weighted by Crippen LogP contribution is 2.26. The topological polar surface area (TPSA) is 83.6 Å². The van der Waals surface area contributed by atoms with E-state index in [1.54, 1.807) is 6.07 Å². The maximum atomic E-state index is 12.4. The summed E-state index contributed by atoms with van der Waals surface area (Å²) in [6.07, 6.45) is 0. The number of nitrogens with zero attached hydrogens (tertiary/aromatic N) is 2. The fourth-order valence-electron chi connectivity index (χ4n) is 2.73. The third-order valence-electron chi connectivity index (χ3n) is 4.01. The van der Waals surface area contributed by atoms with Crippen molar-refractivity contribution in [1.29, 1.82) is 0 Å². The molecule has 0 unspecified atom stereocenters. The Bertz CT molecular complexity index is 695. The van der Waals surface area contributed by atoms with Crippen LogP contribution in [0.15, 0.2) is 40.9 Å². The lowest BCUT2D eigenvalue weighted by Gasteiger charge is -2.13. The number of rotatable bonds is 3. The summed E-state index contributed by atoms with van der Waals surface area (Å²) in [5, 5.41) is 13.0. The van der Waals surface area contributed by atoms with E-state index in [4.69, 9.17) is 9.63 Å². The van der Waals surface area contributed by atoms with Gasteiger partial charge in [0.05, 0.1) is 5.92 Å². The van der Waals surface area contributed by atoms with Crippen LogP contribution in [0, 0.1) is 11.8 Å². The van der Waals surface area contributed by atoms with Crippen LogP contribution in [-0.2, 0) is 4.79 Å². The molecule has 0 radical (unpaired) electrons. The SMILES string of the molecule is C[C@@H]1CN(C(=O)c2cc(-c3ccccc3)no2)C[C@H]1C(=O)O. The summed E-state index contributed by atoms with van der Waals surface area (Å²) >= 11 is 0. The number of carbonyl (C=O) groups is 2. The van der Waals surface area contributed by atoms with Gasteiger partial charge in [-0.15, -0.1) is 0 Å². The molecule has 1 aromatic carbocycles. The summed E-state index contributed by atoms with van der Waals surface area (Å²) in [6.45, 7) is 2.45. The van der Waals surface area contributed by atoms with Crippen LogP contribution in [0.2, 0.25) is 0 Å². The van der Waals surface area contributed by atoms with E-state index in [9.17, 15) is 9.59 Å². The molecule has 0 spiro atoms. The molecule has 1 amide bonds. The number of likely N-dealkylation sites (tertiary alicyclic amines) is 1. The summed E-state index contributed by atoms with van der Waals surface area (Å²) in [5.74, 6) is -1.65. The first-order valence-corrected chi connectivity index (χ1v) is 7.10. The molecule has 2 atom stereocenters. The molecule has 3 rings (SSSR count). The predicted molar refractivity (Wildman–Crippen MR) is 78.1 cm³/mol. The summed E-state index contributed by atoms with van der Waals surface area (Å²) in [6, 6.07) is 11.0. The molecule has 1 aliphatic heterocycles. The maximum absolute atomic E-state index is 12.4. The van der Waals surface area contributed by atoms with E-state index in [1.807, 2.05) is 37.3 Å². The van der Waals surface area contributed by atoms with Gasteiger partial charge in [-0.1, -0.05) is 42.4 Å². The van der Waals surface area contributed by atoms with Gasteiger partial charge in [0.25, 0.3) is 5.91 Å². The molecule has 0 saturated carbocycles. The molecular weight excluding hydrogens is 284 g/mol. The highest BCUT2D eigenvalue weighted by atomic mass is 16.5. The van der Waals surface area contributed by atoms with E-state index < -0.39 is 11.9 Å². The number of aromatic nitrogens is 1. The van der Waals surface area contributed by atoms with Crippen molar-refractivity contribution >= 4 is 11.9 Å². The quantitative estimate of drug-likeness (QED) is 0.938. The smallest absolute Gasteiger partial charge is 0.308 e. The van der Waals surface area contributed by atoms with Gasteiger partial charge in [0, 0.05) is 24.7 Å². The fourth-order valence-corrected chi connectivity index (χ4v) is 2.73. The third kappa shape index (κ3) is 2.59. The Morgan fingerprint density at radius 2 is 2.00 bits per heavy atom. The zero-order valence-corrected chi connectivity index (χ0v) is 12.1. The first-order valence-electron chi connectivity index (χ1n) is 7.10. The molecule has 2 heterocycles. The molecule has 1 aliphatic rings. The first kappa shape index (κ1) is 14.3. The van der Waals surface area contributed by atoms with Gasteiger partial charge >= 0.3 is 5.97 Å². The largest absolute Gasteiger partial charge is 0.481 e. The van der Waals surface area contributed by atoms with Crippen molar-refractivity contribution in [2.75, 3.05) is 13.1 Å². The second-order valence-corrected chi connectivity index (χ2v) is 5.57. The minimum Gasteiger partial charge on any atom is -0.481 e. The van der Waals surface area contributed by atoms with Crippen LogP contribution in [0.5, 0.6) is 0 Å². The monoisotopic (exact) mass is 300 g/mol. The van der Waals surface area contributed by atoms with Crippen LogP contribution in [0.1, 0.15) is 17.5 Å². The Balaban J connectivity index is 1.77. The average molecular weight is 300 g/mol. The van der Waals surface area contributed by atoms with Crippen LogP contribution in [0.4, 0.5) is 0 Å². The highest BCUT2D eigenvalue weighted by molar-refractivity contribution is 5.93. The summed E-state index contributed by atoms with van der Waals surface area (Å²) < 4.78 is 5.14. The van der Waals surface area contributed by atoms with E-state index in [-0.39, 0.29) is 24.1 Å². The van der Waals surface area contributed by atoms with E-state index >= 15 is 0 Å². The normalized spacial score (nSPS) is 21.0. The highest BCUT2D eigenvalue weighted by Gasteiger charge is 2.38. The van der Waals surface area contributed by atoms with Gasteiger partial charge in [-0.05, 0) is 5.92 Å². The minimum absolute atomic E-state index is 0.0713. The van der Waals surface area contributed by atoms with Crippen LogP contribution in [-0.4, -0.2) is 40.1 Å². The number of carboxylic acids is 1. The van der Waals surface area contributed by atoms with E-state index in [0.717, 1.165) is 5.56 Å². The van der Waals surface area contributed by atoms with Gasteiger partial charge in [-0.2, -0.15) is 0 Å². The molecular formula is C16H16N2O4. The van der Waals surface area contributed by atoms with Crippen molar-refractivity contribution in [3.05, 3.63) is 42.2 Å². The van der Waals surface area contributed by atoms with Crippen LogP contribution in [0.3, 0.4) is 0 Å². The average Bonchev–Trinajstić information content (AvgIpc) is 3.14. The van der Waals surface area contributed by atoms with Gasteiger partial charge in [0.2, 0.25) is 5.76 Å². The van der Waals surface area contributed by atoms with Crippen molar-refractivity contribution in [1.82, 2.24) is 10.1 Å². The summed E-state index contributed by atoms with van der Waals surface area (Å²) in [4.78, 5) is 25.0. The van der Waals surface area contributed by atoms with Crippen molar-refractivity contribution in [3.8, 4) is 11.3 Å². The number of carbonyl (C=O) groups excluding carboxylic acids is 1. The van der Waals surface area contributed by atoms with Gasteiger partial charge < -0.3 is 14.5 Å². The molecule has 22 heavy (non-hydrogen) atoms. The molecule has 1 N–H and O–H groups in total. The minimum atomic E-state index is -0.870. The zero-order chi connectivity index (χ0) is 15.7. The lowest BCUT2D eigenvalue weighted by atomic mass is 9.99. The molecule has 1 aromatic heterocycles. The number of benzene rings is 1. The summed E-state index contributed by atoms with van der Waals surface area (Å²) in [7, 11) is 0. The number of carboxylic acid groups (broad SMARTS) is 1. The molecule has 114 valence electrons. The summed E-state index contributed by atoms with van der Waals surface area (Å²) in [5.41, 5.74) is 1.45. The Morgan fingerprint density at radius 1 is 1.27 bits per heavy atom. The van der Waals surface area contributed by atoms with E-state index in [1.165, 1.54) is 4.90 Å². The fraction of sp³-hybridized carbons (Fsp3) is 0.312. The molecule has 0 aliphatic carbocycles. The Hall–Kier alpha value is -2.63. The number of aliphatic carboxylic acids is 1. The molecule has 0 bridgehead atoms. The molecule has 6 nitrogen and oxygen atoms in total. The van der Waals surface area contributed by atoms with E-state index in [2.05, 4.69) is 5.16 Å². The van der Waals surface area contributed by atoms with Crippen LogP contribution < -0.4 is 0 Å². The second kappa shape index (κ2) is 5.63. The van der Waals surface area contributed by atoms with E-state index in [0.29, 0.717) is 12.2 Å². The van der Waals surface area contributed by atoms with Crippen molar-refractivity contribution < 1.29 is 19.2 Å². The van der Waals surface area contributed by atoms with Crippen molar-refractivity contribution in [2.24, 2.45) is 11.8 Å². The van der Waals surface area contributed by atoms with Gasteiger partial charge in [-0.3, -0.25) is 9.59 Å². The third-order valence-corrected chi connectivity index (χ3v) is 4.01. The number of hydrogen-bond donors (Lipinski definition) is 1. The Kier molecular flexibility index (Phi) is 3.66. The molecule has 1 fully saturated rings. The predicted octanol–water partition coefficient (Wildman–Crippen LogP) is 2.13. The lowest BCUT2D eigenvalue weighted by Crippen LogP contribution is -2.29. The van der Waals surface area contributed by atoms with Crippen LogP contribution >= 0.6 is 0 Å². The molecule has 6 heteroatoms. The number of amides is 1. The van der Waals surface area contributed by atoms with Crippen LogP contribution in [0.25, 0.3) is 11.3 Å². The Morgan fingerprint density at radius 3 is 2.64 bits per heavy atom. The zero-order valence-electron chi connectivity index (χ0n) is 12.1. The lowest BCUT2D eigenvalue weighted by molar-refractivity contribution is -0.142. The van der Waals surface area contributed by atoms with Gasteiger partial charge in [0.1, 0.15) is 5.69 Å². The Labute approximate surface area is 127 Å².